The van der Waals surface area contributed by atoms with Crippen molar-refractivity contribution in [3.63, 3.8) is 0 Å². The largest absolute Gasteiger partial charge is 0.469 e. The number of carbonyl (C=O) groups excluding carboxylic acids is 3. The molecule has 7 nitrogen and oxygen atoms in total. The number of ether oxygens (including phenoxy) is 1. The van der Waals surface area contributed by atoms with Crippen LogP contribution in [-0.2, 0) is 14.3 Å². The van der Waals surface area contributed by atoms with Crippen molar-refractivity contribution in [3.05, 3.63) is 95.1 Å². The summed E-state index contributed by atoms with van der Waals surface area (Å²) in [5, 5.41) is 3.52. The van der Waals surface area contributed by atoms with Crippen LogP contribution in [0.1, 0.15) is 59.3 Å². The van der Waals surface area contributed by atoms with E-state index in [1.54, 1.807) is 23.3 Å². The van der Waals surface area contributed by atoms with Gasteiger partial charge in [-0.05, 0) is 61.2 Å². The average Bonchev–Trinajstić information content (AvgIpc) is 3.64. The minimum absolute atomic E-state index is 0.0148. The van der Waals surface area contributed by atoms with Gasteiger partial charge in [0.25, 0.3) is 0 Å². The van der Waals surface area contributed by atoms with Gasteiger partial charge in [0.15, 0.2) is 5.78 Å². The molecule has 0 bridgehead atoms. The number of para-hydroxylation sites is 2. The van der Waals surface area contributed by atoms with Gasteiger partial charge in [0.1, 0.15) is 5.76 Å². The molecule has 3 aromatic rings. The van der Waals surface area contributed by atoms with Crippen LogP contribution in [-0.4, -0.2) is 24.8 Å². The predicted octanol–water partition coefficient (Wildman–Crippen LogP) is 5.38. The number of nitrogens with one attached hydrogen (secondary N) is 1. The number of hydrogen-bond acceptors (Lipinski definition) is 6. The molecule has 0 spiro atoms. The molecule has 2 heterocycles. The summed E-state index contributed by atoms with van der Waals surface area (Å²) in [5.74, 6) is 0.203. The molecule has 1 aromatic heterocycles. The fourth-order valence-electron chi connectivity index (χ4n) is 5.32. The monoisotopic (exact) mass is 482 g/mol. The van der Waals surface area contributed by atoms with Crippen LogP contribution in [0.15, 0.2) is 82.6 Å². The first-order valence-electron chi connectivity index (χ1n) is 12.2. The topological polar surface area (TPSA) is 88.8 Å². The van der Waals surface area contributed by atoms with E-state index in [-0.39, 0.29) is 23.5 Å². The maximum Gasteiger partial charge on any atom is 0.337 e. The van der Waals surface area contributed by atoms with Crippen molar-refractivity contribution < 1.29 is 23.5 Å². The first-order chi connectivity index (χ1) is 17.5. The molecule has 2 atom stereocenters. The van der Waals surface area contributed by atoms with Crippen LogP contribution in [0, 0.1) is 5.92 Å². The van der Waals surface area contributed by atoms with E-state index < -0.39 is 12.0 Å². The van der Waals surface area contributed by atoms with Crippen LogP contribution in [0.4, 0.5) is 11.4 Å². The van der Waals surface area contributed by atoms with Crippen molar-refractivity contribution in [1.29, 1.82) is 0 Å². The van der Waals surface area contributed by atoms with Crippen LogP contribution < -0.4 is 10.2 Å². The lowest BCUT2D eigenvalue weighted by Gasteiger charge is -2.35. The van der Waals surface area contributed by atoms with Gasteiger partial charge in [-0.15, -0.1) is 0 Å². The smallest absolute Gasteiger partial charge is 0.337 e. The number of amides is 1. The SMILES string of the molecule is COC(=O)c1ccc([C@@H]2C3=C(C[C@@H](c4ccco4)CC3=O)Nc3ccccc3N2C(=O)C2CC2)cc1. The van der Waals surface area contributed by atoms with Crippen LogP contribution >= 0.6 is 0 Å². The van der Waals surface area contributed by atoms with Crippen LogP contribution in [0.2, 0.25) is 0 Å². The summed E-state index contributed by atoms with van der Waals surface area (Å²) in [7, 11) is 1.34. The van der Waals surface area contributed by atoms with E-state index in [4.69, 9.17) is 9.15 Å². The molecule has 7 heteroatoms. The zero-order chi connectivity index (χ0) is 24.8. The second-order valence-corrected chi connectivity index (χ2v) is 9.58. The molecule has 1 N–H and O–H groups in total. The second-order valence-electron chi connectivity index (χ2n) is 9.58. The molecule has 1 aliphatic heterocycles. The van der Waals surface area contributed by atoms with Crippen molar-refractivity contribution in [2.75, 3.05) is 17.3 Å². The summed E-state index contributed by atoms with van der Waals surface area (Å²) in [5.41, 5.74) is 4.11. The number of methoxy groups -OCH3 is 1. The standard InChI is InChI=1S/C29H26N2O5/c1-35-29(34)19-12-8-17(9-13-19)27-26-22(15-20(16-24(26)32)25-7-4-14-36-25)30-21-5-2-3-6-23(21)31(27)28(33)18-10-11-18/h2-9,12-14,18,20,27,30H,10-11,15-16H2,1H3/t20-,27-/m1/s1. The normalized spacial score (nSPS) is 21.2. The molecule has 2 aromatic carbocycles. The summed E-state index contributed by atoms with van der Waals surface area (Å²) >= 11 is 0. The molecule has 3 aliphatic rings. The molecular formula is C29H26N2O5. The third-order valence-electron chi connectivity index (χ3n) is 7.25. The zero-order valence-electron chi connectivity index (χ0n) is 19.9. The lowest BCUT2D eigenvalue weighted by molar-refractivity contribution is -0.120. The van der Waals surface area contributed by atoms with Crippen molar-refractivity contribution in [1.82, 2.24) is 0 Å². The third-order valence-corrected chi connectivity index (χ3v) is 7.25. The van der Waals surface area contributed by atoms with Gasteiger partial charge in [-0.2, -0.15) is 0 Å². The van der Waals surface area contributed by atoms with Crippen molar-refractivity contribution >= 4 is 29.0 Å². The van der Waals surface area contributed by atoms with E-state index in [1.165, 1.54) is 7.11 Å². The van der Waals surface area contributed by atoms with E-state index in [0.717, 1.165) is 41.2 Å². The van der Waals surface area contributed by atoms with E-state index in [0.29, 0.717) is 24.0 Å². The lowest BCUT2D eigenvalue weighted by atomic mass is 9.80. The second kappa shape index (κ2) is 8.82. The highest BCUT2D eigenvalue weighted by Gasteiger charge is 2.45. The number of fused-ring (bicyclic) bond motifs is 1. The van der Waals surface area contributed by atoms with Crippen molar-refractivity contribution in [3.8, 4) is 0 Å². The Morgan fingerprint density at radius 1 is 1.00 bits per heavy atom. The average molecular weight is 483 g/mol. The highest BCUT2D eigenvalue weighted by Crippen LogP contribution is 2.49. The summed E-state index contributed by atoms with van der Waals surface area (Å²) in [6.07, 6.45) is 4.21. The number of hydrogen-bond donors (Lipinski definition) is 1. The number of allylic oxidation sites excluding steroid dienone is 1. The zero-order valence-corrected chi connectivity index (χ0v) is 19.9. The molecule has 1 saturated carbocycles. The molecule has 0 radical (unpaired) electrons. The molecule has 1 fully saturated rings. The first-order valence-corrected chi connectivity index (χ1v) is 12.2. The maximum atomic E-state index is 13.8. The van der Waals surface area contributed by atoms with Crippen LogP contribution in [0.5, 0.6) is 0 Å². The Hall–Kier alpha value is -4.13. The third kappa shape index (κ3) is 3.81. The Balaban J connectivity index is 1.53. The van der Waals surface area contributed by atoms with Gasteiger partial charge in [0.2, 0.25) is 5.91 Å². The number of furan rings is 1. The number of carbonyl (C=O) groups is 3. The number of Topliss-reactive ketones (excluding diaryl/α,β-unsaturated/α-hetero) is 1. The Morgan fingerprint density at radius 2 is 1.78 bits per heavy atom. The molecule has 0 saturated heterocycles. The number of anilines is 2. The van der Waals surface area contributed by atoms with Gasteiger partial charge in [-0.1, -0.05) is 24.3 Å². The van der Waals surface area contributed by atoms with E-state index >= 15 is 0 Å². The molecule has 182 valence electrons. The van der Waals surface area contributed by atoms with Crippen LogP contribution in [0.3, 0.4) is 0 Å². The summed E-state index contributed by atoms with van der Waals surface area (Å²) < 4.78 is 10.5. The fraction of sp³-hybridized carbons (Fsp3) is 0.276. The van der Waals surface area contributed by atoms with Gasteiger partial charge < -0.3 is 14.5 Å². The van der Waals surface area contributed by atoms with E-state index in [9.17, 15) is 14.4 Å². The van der Waals surface area contributed by atoms with Crippen molar-refractivity contribution in [2.24, 2.45) is 5.92 Å². The van der Waals surface area contributed by atoms with Gasteiger partial charge in [0, 0.05) is 29.5 Å². The highest BCUT2D eigenvalue weighted by molar-refractivity contribution is 6.07. The van der Waals surface area contributed by atoms with E-state index in [2.05, 4.69) is 5.32 Å². The number of benzene rings is 2. The lowest BCUT2D eigenvalue weighted by Crippen LogP contribution is -2.39. The first kappa shape index (κ1) is 22.3. The van der Waals surface area contributed by atoms with Crippen LogP contribution in [0.25, 0.3) is 0 Å². The highest BCUT2D eigenvalue weighted by atomic mass is 16.5. The quantitative estimate of drug-likeness (QED) is 0.503. The molecule has 36 heavy (non-hydrogen) atoms. The van der Waals surface area contributed by atoms with Gasteiger partial charge in [0.05, 0.1) is 36.4 Å². The molecule has 2 aliphatic carbocycles. The van der Waals surface area contributed by atoms with Gasteiger partial charge in [-0.3, -0.25) is 14.5 Å². The Bertz CT molecular complexity index is 1370. The maximum absolute atomic E-state index is 13.8. The summed E-state index contributed by atoms with van der Waals surface area (Å²) in [4.78, 5) is 41.5. The molecular weight excluding hydrogens is 456 g/mol. The Morgan fingerprint density at radius 3 is 2.47 bits per heavy atom. The van der Waals surface area contributed by atoms with E-state index in [1.807, 2.05) is 48.5 Å². The predicted molar refractivity (Wildman–Crippen MR) is 134 cm³/mol. The number of nitrogens with zero attached hydrogens (tertiary/aromatic N) is 1. The minimum atomic E-state index is -0.610. The Kier molecular flexibility index (Phi) is 5.48. The molecule has 0 unspecified atom stereocenters. The fourth-order valence-corrected chi connectivity index (χ4v) is 5.32. The number of esters is 1. The summed E-state index contributed by atoms with van der Waals surface area (Å²) in [6.45, 7) is 0. The number of rotatable bonds is 4. The molecule has 6 rings (SSSR count). The van der Waals surface area contributed by atoms with Gasteiger partial charge >= 0.3 is 5.97 Å². The number of ketones is 1. The van der Waals surface area contributed by atoms with Crippen molar-refractivity contribution in [2.45, 2.75) is 37.6 Å². The summed E-state index contributed by atoms with van der Waals surface area (Å²) in [6, 6.07) is 17.8. The van der Waals surface area contributed by atoms with Gasteiger partial charge in [-0.25, -0.2) is 4.79 Å². The Labute approximate surface area is 208 Å². The minimum Gasteiger partial charge on any atom is -0.469 e. The molecule has 1 amide bonds.